The Morgan fingerprint density at radius 3 is 2.68 bits per heavy atom. The summed E-state index contributed by atoms with van der Waals surface area (Å²) in [5.41, 5.74) is 0.955. The summed E-state index contributed by atoms with van der Waals surface area (Å²) in [6.45, 7) is 0.870. The Balaban J connectivity index is 2.00. The third-order valence-corrected chi connectivity index (χ3v) is 4.15. The Bertz CT molecular complexity index is 436. The monoisotopic (exact) mass is 303 g/mol. The van der Waals surface area contributed by atoms with Crippen molar-refractivity contribution < 1.29 is 9.84 Å². The van der Waals surface area contributed by atoms with Gasteiger partial charge in [0.25, 0.3) is 0 Å². The number of aliphatic hydroxyl groups is 1. The highest BCUT2D eigenvalue weighted by molar-refractivity contribution is 6.34. The van der Waals surface area contributed by atoms with E-state index in [1.165, 1.54) is 12.8 Å². The maximum atomic E-state index is 9.07. The van der Waals surface area contributed by atoms with Crippen molar-refractivity contribution in [3.63, 3.8) is 0 Å². The van der Waals surface area contributed by atoms with E-state index in [-0.39, 0.29) is 6.61 Å². The summed E-state index contributed by atoms with van der Waals surface area (Å²) in [5, 5.41) is 13.7. The molecule has 2 N–H and O–H groups in total. The normalized spacial score (nSPS) is 16.4. The highest BCUT2D eigenvalue weighted by Gasteiger charge is 2.30. The van der Waals surface area contributed by atoms with E-state index >= 15 is 0 Å². The van der Waals surface area contributed by atoms with Crippen LogP contribution in [0.15, 0.2) is 12.1 Å². The zero-order valence-corrected chi connectivity index (χ0v) is 12.5. The number of halogens is 2. The highest BCUT2D eigenvalue weighted by Crippen LogP contribution is 2.35. The minimum absolute atomic E-state index is 0.214. The van der Waals surface area contributed by atoms with Gasteiger partial charge in [0, 0.05) is 30.3 Å². The fourth-order valence-electron chi connectivity index (χ4n) is 2.24. The first-order chi connectivity index (χ1) is 9.15. The van der Waals surface area contributed by atoms with Crippen LogP contribution in [0.5, 0.6) is 5.75 Å². The molecule has 0 aliphatic heterocycles. The van der Waals surface area contributed by atoms with Gasteiger partial charge in [0.1, 0.15) is 5.75 Å². The highest BCUT2D eigenvalue weighted by atomic mass is 35.5. The molecule has 106 valence electrons. The molecule has 0 radical (unpaired) electrons. The molecule has 0 saturated heterocycles. The lowest BCUT2D eigenvalue weighted by Crippen LogP contribution is -2.31. The van der Waals surface area contributed by atoms with E-state index < -0.39 is 0 Å². The average molecular weight is 304 g/mol. The van der Waals surface area contributed by atoms with E-state index in [0.717, 1.165) is 12.0 Å². The summed E-state index contributed by atoms with van der Waals surface area (Å²) >= 11 is 12.3. The summed E-state index contributed by atoms with van der Waals surface area (Å²) in [6, 6.07) is 3.93. The fraction of sp³-hybridized carbons (Fsp3) is 0.571. The van der Waals surface area contributed by atoms with Crippen molar-refractivity contribution in [3.8, 4) is 5.75 Å². The molecular formula is C14H19Cl2NO2. The minimum Gasteiger partial charge on any atom is -0.495 e. The molecule has 5 heteroatoms. The zero-order valence-electron chi connectivity index (χ0n) is 11.0. The molecule has 1 fully saturated rings. The Hall–Kier alpha value is -0.480. The lowest BCUT2D eigenvalue weighted by atomic mass is 10.1. The number of rotatable bonds is 7. The molecule has 0 bridgehead atoms. The van der Waals surface area contributed by atoms with Crippen molar-refractivity contribution >= 4 is 23.2 Å². The van der Waals surface area contributed by atoms with Crippen LogP contribution in [0.25, 0.3) is 0 Å². The fourth-order valence-corrected chi connectivity index (χ4v) is 2.73. The average Bonchev–Trinajstić information content (AvgIpc) is 3.22. The van der Waals surface area contributed by atoms with Gasteiger partial charge in [-0.3, -0.25) is 0 Å². The number of methoxy groups -OCH3 is 1. The van der Waals surface area contributed by atoms with Crippen LogP contribution >= 0.6 is 23.2 Å². The predicted octanol–water partition coefficient (Wildman–Crippen LogP) is 3.25. The molecule has 1 unspecified atom stereocenters. The van der Waals surface area contributed by atoms with Crippen LogP contribution in [0.3, 0.4) is 0 Å². The van der Waals surface area contributed by atoms with Gasteiger partial charge in [-0.05, 0) is 36.8 Å². The summed E-state index contributed by atoms with van der Waals surface area (Å²) in [4.78, 5) is 0. The largest absolute Gasteiger partial charge is 0.495 e. The second kappa shape index (κ2) is 6.80. The van der Waals surface area contributed by atoms with Crippen LogP contribution in [0.4, 0.5) is 0 Å². The summed E-state index contributed by atoms with van der Waals surface area (Å²) in [5.74, 6) is 1.28. The second-order valence-electron chi connectivity index (χ2n) is 4.92. The minimum atomic E-state index is 0.214. The molecule has 1 atom stereocenters. The lowest BCUT2D eigenvalue weighted by molar-refractivity contribution is 0.256. The molecule has 1 saturated carbocycles. The van der Waals surface area contributed by atoms with Crippen molar-refractivity contribution in [1.29, 1.82) is 0 Å². The topological polar surface area (TPSA) is 41.5 Å². The lowest BCUT2D eigenvalue weighted by Gasteiger charge is -2.18. The maximum absolute atomic E-state index is 9.07. The quantitative estimate of drug-likeness (QED) is 0.812. The smallest absolute Gasteiger partial charge is 0.138 e. The van der Waals surface area contributed by atoms with Crippen LogP contribution in [0.2, 0.25) is 10.0 Å². The molecule has 1 aliphatic rings. The van der Waals surface area contributed by atoms with E-state index in [4.69, 9.17) is 33.0 Å². The van der Waals surface area contributed by atoms with E-state index in [1.807, 2.05) is 6.07 Å². The Labute approximate surface area is 123 Å². The molecular weight excluding hydrogens is 285 g/mol. The molecule has 19 heavy (non-hydrogen) atoms. The number of hydrogen-bond acceptors (Lipinski definition) is 3. The van der Waals surface area contributed by atoms with Gasteiger partial charge in [-0.25, -0.2) is 0 Å². The van der Waals surface area contributed by atoms with Gasteiger partial charge in [0.05, 0.1) is 12.1 Å². The van der Waals surface area contributed by atoms with Crippen LogP contribution < -0.4 is 10.1 Å². The van der Waals surface area contributed by atoms with Crippen LogP contribution in [-0.4, -0.2) is 24.9 Å². The van der Waals surface area contributed by atoms with E-state index in [0.29, 0.717) is 34.3 Å². The van der Waals surface area contributed by atoms with Gasteiger partial charge in [-0.1, -0.05) is 23.2 Å². The molecule has 0 heterocycles. The van der Waals surface area contributed by atoms with Gasteiger partial charge in [0.15, 0.2) is 0 Å². The summed E-state index contributed by atoms with van der Waals surface area (Å²) in [7, 11) is 1.57. The van der Waals surface area contributed by atoms with Gasteiger partial charge in [-0.2, -0.15) is 0 Å². The van der Waals surface area contributed by atoms with Crippen molar-refractivity contribution in [2.24, 2.45) is 5.92 Å². The van der Waals surface area contributed by atoms with E-state index in [2.05, 4.69) is 5.32 Å². The molecule has 3 nitrogen and oxygen atoms in total. The van der Waals surface area contributed by atoms with Crippen molar-refractivity contribution in [2.45, 2.75) is 31.8 Å². The molecule has 0 spiro atoms. The molecule has 0 aromatic heterocycles. The first-order valence-corrected chi connectivity index (χ1v) is 7.27. The molecule has 0 amide bonds. The number of hydrogen-bond donors (Lipinski definition) is 2. The standard InChI is InChI=1S/C14H19Cl2NO2/c1-19-14-7-11(15)10(6-12(14)16)8-17-13(4-5-18)9-2-3-9/h6-7,9,13,17-18H,2-5,8H2,1H3. The van der Waals surface area contributed by atoms with Gasteiger partial charge in [-0.15, -0.1) is 0 Å². The maximum Gasteiger partial charge on any atom is 0.138 e. The first kappa shape index (κ1) is 14.9. The second-order valence-corrected chi connectivity index (χ2v) is 5.73. The Morgan fingerprint density at radius 2 is 2.11 bits per heavy atom. The van der Waals surface area contributed by atoms with Crippen molar-refractivity contribution in [1.82, 2.24) is 5.32 Å². The van der Waals surface area contributed by atoms with E-state index in [1.54, 1.807) is 13.2 Å². The van der Waals surface area contributed by atoms with Gasteiger partial charge < -0.3 is 15.2 Å². The zero-order chi connectivity index (χ0) is 13.8. The van der Waals surface area contributed by atoms with Crippen molar-refractivity contribution in [2.75, 3.05) is 13.7 Å². The molecule has 1 aromatic carbocycles. The SMILES string of the molecule is COc1cc(Cl)c(CNC(CCO)C2CC2)cc1Cl. The number of nitrogens with one attached hydrogen (secondary N) is 1. The van der Waals surface area contributed by atoms with E-state index in [9.17, 15) is 0 Å². The predicted molar refractivity (Wildman–Crippen MR) is 78.1 cm³/mol. The third kappa shape index (κ3) is 3.99. The van der Waals surface area contributed by atoms with Gasteiger partial charge in [0.2, 0.25) is 0 Å². The number of ether oxygens (including phenoxy) is 1. The molecule has 1 aromatic rings. The first-order valence-electron chi connectivity index (χ1n) is 6.52. The molecule has 2 rings (SSSR count). The van der Waals surface area contributed by atoms with Crippen molar-refractivity contribution in [3.05, 3.63) is 27.7 Å². The van der Waals surface area contributed by atoms with Gasteiger partial charge >= 0.3 is 0 Å². The number of aliphatic hydroxyl groups excluding tert-OH is 1. The van der Waals surface area contributed by atoms with Crippen LogP contribution in [0.1, 0.15) is 24.8 Å². The summed E-state index contributed by atoms with van der Waals surface area (Å²) in [6.07, 6.45) is 3.27. The van der Waals surface area contributed by atoms with Crippen LogP contribution in [0, 0.1) is 5.92 Å². The number of benzene rings is 1. The summed E-state index contributed by atoms with van der Waals surface area (Å²) < 4.78 is 5.12. The Kier molecular flexibility index (Phi) is 5.34. The van der Waals surface area contributed by atoms with Crippen LogP contribution in [-0.2, 0) is 6.54 Å². The molecule has 1 aliphatic carbocycles. The Morgan fingerprint density at radius 1 is 1.37 bits per heavy atom. The third-order valence-electron chi connectivity index (χ3n) is 3.51.